The van der Waals surface area contributed by atoms with E-state index in [2.05, 4.69) is 43.0 Å². The summed E-state index contributed by atoms with van der Waals surface area (Å²) in [6.45, 7) is 9.16. The largest absolute Gasteiger partial charge is 0.494 e. The molecule has 0 spiro atoms. The highest BCUT2D eigenvalue weighted by atomic mass is 16.5. The van der Waals surface area contributed by atoms with E-state index in [0.29, 0.717) is 18.0 Å². The standard InChI is InChI=1S/C43H52N4O6/c1-5-6-7-8-9-22-53-37-20-16-30(17-21-37)34-25-44-39(45-26-34)31-12-10-29(11-13-31)23-38(41(50)47-27-33(42(51)52)24-36(48)28-47)46-40(49)32-14-18-35(19-15-32)43(2,3)4/h10-21,25-26,33,36,38,48H,5-9,22-24,27-28H2,1-4H3,(H,46,49)(H,51,52)/t33?,36?,38-/m0/s1. The minimum atomic E-state index is -1.07. The van der Waals surface area contributed by atoms with Crippen LogP contribution in [-0.2, 0) is 21.4 Å². The predicted octanol–water partition coefficient (Wildman–Crippen LogP) is 7.09. The summed E-state index contributed by atoms with van der Waals surface area (Å²) < 4.78 is 5.90. The van der Waals surface area contributed by atoms with Crippen molar-refractivity contribution in [2.75, 3.05) is 19.7 Å². The van der Waals surface area contributed by atoms with Crippen molar-refractivity contribution in [1.29, 1.82) is 0 Å². The van der Waals surface area contributed by atoms with Crippen LogP contribution in [0.3, 0.4) is 0 Å². The third-order valence-electron chi connectivity index (χ3n) is 9.71. The van der Waals surface area contributed by atoms with Crippen molar-refractivity contribution in [3.05, 3.63) is 102 Å². The number of amides is 2. The molecule has 3 aromatic carbocycles. The lowest BCUT2D eigenvalue weighted by Gasteiger charge is -2.36. The number of aliphatic hydroxyl groups is 1. The van der Waals surface area contributed by atoms with Gasteiger partial charge in [-0.3, -0.25) is 14.4 Å². The molecule has 1 aromatic heterocycles. The summed E-state index contributed by atoms with van der Waals surface area (Å²) in [5.74, 6) is -1.43. The molecule has 5 rings (SSSR count). The molecule has 4 aromatic rings. The minimum absolute atomic E-state index is 0.00134. The highest BCUT2D eigenvalue weighted by Crippen LogP contribution is 2.25. The van der Waals surface area contributed by atoms with Crippen LogP contribution in [0.25, 0.3) is 22.5 Å². The summed E-state index contributed by atoms with van der Waals surface area (Å²) in [7, 11) is 0. The van der Waals surface area contributed by atoms with Gasteiger partial charge in [0.15, 0.2) is 5.82 Å². The fourth-order valence-electron chi connectivity index (χ4n) is 6.51. The lowest BCUT2D eigenvalue weighted by atomic mass is 9.86. The first-order valence-electron chi connectivity index (χ1n) is 18.7. The molecule has 2 heterocycles. The Morgan fingerprint density at radius 1 is 0.849 bits per heavy atom. The van der Waals surface area contributed by atoms with Crippen LogP contribution < -0.4 is 10.1 Å². The van der Waals surface area contributed by atoms with E-state index >= 15 is 0 Å². The molecule has 1 aliphatic rings. The summed E-state index contributed by atoms with van der Waals surface area (Å²) in [4.78, 5) is 49.7. The average molecular weight is 721 g/mol. The number of piperidine rings is 1. The van der Waals surface area contributed by atoms with Gasteiger partial charge in [-0.1, -0.05) is 102 Å². The predicted molar refractivity (Wildman–Crippen MR) is 206 cm³/mol. The van der Waals surface area contributed by atoms with Crippen LogP contribution in [0.5, 0.6) is 5.75 Å². The molecule has 53 heavy (non-hydrogen) atoms. The maximum Gasteiger partial charge on any atom is 0.308 e. The number of unbranched alkanes of at least 4 members (excludes halogenated alkanes) is 4. The first-order chi connectivity index (χ1) is 25.4. The van der Waals surface area contributed by atoms with Gasteiger partial charge in [0.05, 0.1) is 18.6 Å². The van der Waals surface area contributed by atoms with Gasteiger partial charge < -0.3 is 25.2 Å². The number of likely N-dealkylation sites (tertiary alicyclic amines) is 1. The Bertz CT molecular complexity index is 1800. The molecule has 280 valence electrons. The van der Waals surface area contributed by atoms with Crippen molar-refractivity contribution in [3.63, 3.8) is 0 Å². The number of hydrogen-bond donors (Lipinski definition) is 3. The Morgan fingerprint density at radius 3 is 2.11 bits per heavy atom. The second kappa shape index (κ2) is 18.1. The van der Waals surface area contributed by atoms with Crippen molar-refractivity contribution >= 4 is 17.8 Å². The van der Waals surface area contributed by atoms with E-state index in [-0.39, 0.29) is 31.3 Å². The lowest BCUT2D eigenvalue weighted by molar-refractivity contribution is -0.149. The molecular formula is C43H52N4O6. The highest BCUT2D eigenvalue weighted by Gasteiger charge is 2.36. The van der Waals surface area contributed by atoms with Gasteiger partial charge in [0.1, 0.15) is 11.8 Å². The maximum atomic E-state index is 13.9. The number of aliphatic carboxylic acids is 1. The quantitative estimate of drug-likeness (QED) is 0.111. The molecule has 3 N–H and O–H groups in total. The van der Waals surface area contributed by atoms with E-state index in [1.165, 1.54) is 30.6 Å². The molecule has 0 radical (unpaired) electrons. The van der Waals surface area contributed by atoms with Crippen molar-refractivity contribution in [3.8, 4) is 28.3 Å². The van der Waals surface area contributed by atoms with Gasteiger partial charge in [-0.05, 0) is 59.2 Å². The number of carboxylic acid groups (broad SMARTS) is 1. The average Bonchev–Trinajstić information content (AvgIpc) is 3.15. The Labute approximate surface area is 312 Å². The third-order valence-corrected chi connectivity index (χ3v) is 9.71. The molecule has 3 atom stereocenters. The number of aliphatic hydroxyl groups excluding tert-OH is 1. The fraction of sp³-hybridized carbons (Fsp3) is 0.419. The molecule has 0 bridgehead atoms. The molecule has 2 unspecified atom stereocenters. The van der Waals surface area contributed by atoms with E-state index in [9.17, 15) is 24.6 Å². The van der Waals surface area contributed by atoms with Gasteiger partial charge in [-0.25, -0.2) is 9.97 Å². The highest BCUT2D eigenvalue weighted by molar-refractivity contribution is 5.97. The lowest BCUT2D eigenvalue weighted by Crippen LogP contribution is -2.55. The minimum Gasteiger partial charge on any atom is -0.494 e. The molecule has 2 amide bonds. The number of nitrogens with zero attached hydrogens (tertiary/aromatic N) is 3. The monoisotopic (exact) mass is 720 g/mol. The van der Waals surface area contributed by atoms with Gasteiger partial charge >= 0.3 is 5.97 Å². The SMILES string of the molecule is CCCCCCCOc1ccc(-c2cnc(-c3ccc(C[C@H](NC(=O)c4ccc(C(C)(C)C)cc4)C(=O)N4CC(O)CC(C(=O)O)C4)cc3)nc2)cc1. The first kappa shape index (κ1) is 39.1. The van der Waals surface area contributed by atoms with Crippen LogP contribution in [0.15, 0.2) is 85.2 Å². The van der Waals surface area contributed by atoms with Crippen LogP contribution >= 0.6 is 0 Å². The molecule has 0 saturated carbocycles. The second-order valence-electron chi connectivity index (χ2n) is 15.0. The second-order valence-corrected chi connectivity index (χ2v) is 15.0. The normalized spacial score (nSPS) is 16.5. The van der Waals surface area contributed by atoms with Crippen molar-refractivity contribution in [1.82, 2.24) is 20.2 Å². The van der Waals surface area contributed by atoms with Crippen molar-refractivity contribution < 1.29 is 29.3 Å². The number of hydrogen-bond acceptors (Lipinski definition) is 7. The fourth-order valence-corrected chi connectivity index (χ4v) is 6.51. The number of rotatable bonds is 15. The number of β-amino-alcohol motifs (C(OH)–C–C–N with tert-alkyl or cyclic N) is 1. The van der Waals surface area contributed by atoms with Gasteiger partial charge in [0, 0.05) is 48.6 Å². The van der Waals surface area contributed by atoms with E-state index in [0.717, 1.165) is 40.0 Å². The van der Waals surface area contributed by atoms with E-state index in [1.54, 1.807) is 24.5 Å². The Hall–Kier alpha value is -5.09. The Balaban J connectivity index is 1.26. The smallest absolute Gasteiger partial charge is 0.308 e. The molecular weight excluding hydrogens is 668 g/mol. The van der Waals surface area contributed by atoms with Gasteiger partial charge in [-0.2, -0.15) is 0 Å². The number of carboxylic acids is 1. The van der Waals surface area contributed by atoms with Gasteiger partial charge in [0.25, 0.3) is 5.91 Å². The number of ether oxygens (including phenoxy) is 1. The number of carbonyl (C=O) groups is 3. The third kappa shape index (κ3) is 11.0. The van der Waals surface area contributed by atoms with Crippen LogP contribution in [0.2, 0.25) is 0 Å². The van der Waals surface area contributed by atoms with E-state index in [1.807, 2.05) is 60.7 Å². The zero-order valence-electron chi connectivity index (χ0n) is 31.3. The molecule has 10 nitrogen and oxygen atoms in total. The molecule has 10 heteroatoms. The maximum absolute atomic E-state index is 13.9. The van der Waals surface area contributed by atoms with Gasteiger partial charge in [-0.15, -0.1) is 0 Å². The van der Waals surface area contributed by atoms with Crippen LogP contribution in [-0.4, -0.2) is 74.7 Å². The van der Waals surface area contributed by atoms with Gasteiger partial charge in [0.2, 0.25) is 5.91 Å². The number of nitrogens with one attached hydrogen (secondary N) is 1. The number of aromatic nitrogens is 2. The first-order valence-corrected chi connectivity index (χ1v) is 18.7. The summed E-state index contributed by atoms with van der Waals surface area (Å²) in [5, 5.41) is 22.9. The topological polar surface area (TPSA) is 142 Å². The van der Waals surface area contributed by atoms with Crippen molar-refractivity contribution in [2.24, 2.45) is 5.92 Å². The van der Waals surface area contributed by atoms with E-state index in [4.69, 9.17) is 4.74 Å². The zero-order chi connectivity index (χ0) is 38.0. The van der Waals surface area contributed by atoms with Crippen molar-refractivity contribution in [2.45, 2.75) is 90.2 Å². The molecule has 0 aliphatic carbocycles. The molecule has 1 aliphatic heterocycles. The van der Waals surface area contributed by atoms with Crippen LogP contribution in [0.4, 0.5) is 0 Å². The summed E-state index contributed by atoms with van der Waals surface area (Å²) in [5.41, 5.74) is 4.84. The summed E-state index contributed by atoms with van der Waals surface area (Å²) in [6, 6.07) is 21.7. The Kier molecular flexibility index (Phi) is 13.4. The zero-order valence-corrected chi connectivity index (χ0v) is 31.3. The number of benzene rings is 3. The van der Waals surface area contributed by atoms with Crippen LogP contribution in [0.1, 0.15) is 87.7 Å². The number of carbonyl (C=O) groups excluding carboxylic acids is 2. The molecule has 1 fully saturated rings. The Morgan fingerprint density at radius 2 is 1.49 bits per heavy atom. The van der Waals surface area contributed by atoms with E-state index < -0.39 is 35.8 Å². The summed E-state index contributed by atoms with van der Waals surface area (Å²) in [6.07, 6.45) is 8.82. The molecule has 1 saturated heterocycles. The summed E-state index contributed by atoms with van der Waals surface area (Å²) >= 11 is 0. The van der Waals surface area contributed by atoms with Crippen LogP contribution in [0, 0.1) is 5.92 Å².